The van der Waals surface area contributed by atoms with Crippen molar-refractivity contribution >= 4 is 21.9 Å². The summed E-state index contributed by atoms with van der Waals surface area (Å²) in [7, 11) is 0. The van der Waals surface area contributed by atoms with Gasteiger partial charge >= 0.3 is 5.97 Å². The Bertz CT molecular complexity index is 369. The molecule has 0 amide bonds. The van der Waals surface area contributed by atoms with Crippen molar-refractivity contribution < 1.29 is 9.90 Å². The predicted molar refractivity (Wildman–Crippen MR) is 67.9 cm³/mol. The first-order chi connectivity index (χ1) is 7.51. The van der Waals surface area contributed by atoms with Crippen LogP contribution in [-0.2, 0) is 0 Å². The van der Waals surface area contributed by atoms with Gasteiger partial charge in [0.25, 0.3) is 0 Å². The predicted octanol–water partition coefficient (Wildman–Crippen LogP) is 3.95. The van der Waals surface area contributed by atoms with Gasteiger partial charge in [0.1, 0.15) is 5.69 Å². The van der Waals surface area contributed by atoms with Crippen LogP contribution in [0, 0.1) is 5.92 Å². The highest BCUT2D eigenvalue weighted by Crippen LogP contribution is 2.28. The molecule has 0 aromatic carbocycles. The van der Waals surface area contributed by atoms with Crippen LogP contribution in [-0.4, -0.2) is 15.6 Å². The Balaban J connectivity index is 3.06. The van der Waals surface area contributed by atoms with Gasteiger partial charge in [-0.1, -0.05) is 26.7 Å². The Morgan fingerprint density at radius 2 is 2.06 bits per heavy atom. The fourth-order valence-corrected chi connectivity index (χ4v) is 2.59. The summed E-state index contributed by atoms with van der Waals surface area (Å²) in [6, 6.07) is 1.87. The summed E-state index contributed by atoms with van der Waals surface area (Å²) in [6.45, 7) is 6.36. The molecular weight excluding hydrogens is 270 g/mol. The Kier molecular flexibility index (Phi) is 4.59. The van der Waals surface area contributed by atoms with Crippen LogP contribution in [0.4, 0.5) is 0 Å². The van der Waals surface area contributed by atoms with E-state index in [4.69, 9.17) is 5.11 Å². The minimum Gasteiger partial charge on any atom is -0.477 e. The molecule has 1 heterocycles. The van der Waals surface area contributed by atoms with Gasteiger partial charge < -0.3 is 9.67 Å². The normalized spacial score (nSPS) is 13.1. The first kappa shape index (κ1) is 13.3. The summed E-state index contributed by atoms with van der Waals surface area (Å²) in [4.78, 5) is 11.1. The van der Waals surface area contributed by atoms with Crippen LogP contribution in [0.2, 0.25) is 0 Å². The number of carboxylic acids is 1. The molecule has 0 saturated heterocycles. The fraction of sp³-hybridized carbons (Fsp3) is 0.583. The number of halogens is 1. The smallest absolute Gasteiger partial charge is 0.352 e. The van der Waals surface area contributed by atoms with Gasteiger partial charge in [0.15, 0.2) is 0 Å². The number of aromatic nitrogens is 1. The van der Waals surface area contributed by atoms with Crippen LogP contribution >= 0.6 is 15.9 Å². The molecule has 1 aromatic heterocycles. The molecule has 0 aliphatic carbocycles. The van der Waals surface area contributed by atoms with Crippen molar-refractivity contribution in [1.29, 1.82) is 0 Å². The van der Waals surface area contributed by atoms with Gasteiger partial charge in [-0.25, -0.2) is 4.79 Å². The molecule has 0 aliphatic heterocycles. The highest BCUT2D eigenvalue weighted by atomic mass is 79.9. The molecule has 16 heavy (non-hydrogen) atoms. The van der Waals surface area contributed by atoms with Crippen molar-refractivity contribution in [3.8, 4) is 0 Å². The number of carbonyl (C=O) groups is 1. The molecule has 90 valence electrons. The average molecular weight is 288 g/mol. The molecule has 1 rings (SSSR count). The van der Waals surface area contributed by atoms with Crippen LogP contribution in [0.3, 0.4) is 0 Å². The lowest BCUT2D eigenvalue weighted by atomic mass is 9.95. The van der Waals surface area contributed by atoms with E-state index < -0.39 is 5.97 Å². The van der Waals surface area contributed by atoms with Crippen molar-refractivity contribution in [2.45, 2.75) is 39.7 Å². The highest BCUT2D eigenvalue weighted by molar-refractivity contribution is 9.10. The maximum atomic E-state index is 11.1. The molecule has 0 bridgehead atoms. The van der Waals surface area contributed by atoms with Gasteiger partial charge in [0, 0.05) is 16.7 Å². The van der Waals surface area contributed by atoms with Gasteiger partial charge in [-0.05, 0) is 34.8 Å². The topological polar surface area (TPSA) is 42.2 Å². The van der Waals surface area contributed by atoms with Crippen LogP contribution in [0.5, 0.6) is 0 Å². The van der Waals surface area contributed by atoms with Gasteiger partial charge in [-0.2, -0.15) is 0 Å². The van der Waals surface area contributed by atoms with Crippen molar-refractivity contribution in [1.82, 2.24) is 4.57 Å². The maximum absolute atomic E-state index is 11.1. The molecule has 1 aromatic rings. The fourth-order valence-electron chi connectivity index (χ4n) is 2.15. The largest absolute Gasteiger partial charge is 0.477 e. The van der Waals surface area contributed by atoms with E-state index in [1.807, 2.05) is 10.8 Å². The molecule has 1 unspecified atom stereocenters. The number of hydrogen-bond acceptors (Lipinski definition) is 1. The number of rotatable bonds is 5. The van der Waals surface area contributed by atoms with E-state index >= 15 is 0 Å². The first-order valence-corrected chi connectivity index (χ1v) is 6.41. The molecule has 1 atom stereocenters. The van der Waals surface area contributed by atoms with E-state index in [0.717, 1.165) is 17.3 Å². The van der Waals surface area contributed by atoms with E-state index in [2.05, 4.69) is 36.7 Å². The van der Waals surface area contributed by atoms with Crippen LogP contribution in [0.1, 0.15) is 50.1 Å². The molecule has 0 saturated carbocycles. The van der Waals surface area contributed by atoms with Gasteiger partial charge in [-0.3, -0.25) is 0 Å². The zero-order valence-electron chi connectivity index (χ0n) is 9.90. The lowest BCUT2D eigenvalue weighted by Crippen LogP contribution is -2.18. The monoisotopic (exact) mass is 287 g/mol. The zero-order valence-corrected chi connectivity index (χ0v) is 11.5. The third-order valence-electron chi connectivity index (χ3n) is 3.20. The second-order valence-corrected chi connectivity index (χ2v) is 4.99. The second kappa shape index (κ2) is 5.53. The van der Waals surface area contributed by atoms with Crippen molar-refractivity contribution in [2.75, 3.05) is 0 Å². The van der Waals surface area contributed by atoms with Crippen LogP contribution in [0.25, 0.3) is 0 Å². The van der Waals surface area contributed by atoms with Gasteiger partial charge in [0.05, 0.1) is 0 Å². The molecule has 3 nitrogen and oxygen atoms in total. The summed E-state index contributed by atoms with van der Waals surface area (Å²) < 4.78 is 2.67. The summed E-state index contributed by atoms with van der Waals surface area (Å²) in [5, 5.41) is 9.11. The summed E-state index contributed by atoms with van der Waals surface area (Å²) >= 11 is 3.33. The molecule has 0 radical (unpaired) electrons. The quantitative estimate of drug-likeness (QED) is 0.891. The molecular formula is C12H18BrNO2. The molecule has 0 aliphatic rings. The highest BCUT2D eigenvalue weighted by Gasteiger charge is 2.20. The van der Waals surface area contributed by atoms with Gasteiger partial charge in [0.2, 0.25) is 0 Å². The van der Waals surface area contributed by atoms with E-state index in [1.54, 1.807) is 6.07 Å². The number of aromatic carboxylic acids is 1. The minimum atomic E-state index is -0.872. The van der Waals surface area contributed by atoms with E-state index in [1.165, 1.54) is 0 Å². The Labute approximate surface area is 105 Å². The summed E-state index contributed by atoms with van der Waals surface area (Å²) in [5.41, 5.74) is 0.353. The van der Waals surface area contributed by atoms with Crippen molar-refractivity contribution in [2.24, 2.45) is 5.92 Å². The van der Waals surface area contributed by atoms with Crippen LogP contribution < -0.4 is 0 Å². The molecule has 0 fully saturated rings. The number of hydrogen-bond donors (Lipinski definition) is 1. The minimum absolute atomic E-state index is 0.215. The summed E-state index contributed by atoms with van der Waals surface area (Å²) in [5.74, 6) is -0.360. The standard InChI is InChI=1S/C12H18BrNO2/c1-4-9(5-2)8(3)14-7-10(13)6-11(14)12(15)16/h6-9H,4-5H2,1-3H3,(H,15,16). The van der Waals surface area contributed by atoms with Crippen LogP contribution in [0.15, 0.2) is 16.7 Å². The van der Waals surface area contributed by atoms with Crippen molar-refractivity contribution in [3.05, 3.63) is 22.4 Å². The number of nitrogens with zero attached hydrogens (tertiary/aromatic N) is 1. The third kappa shape index (κ3) is 2.67. The SMILES string of the molecule is CCC(CC)C(C)n1cc(Br)cc1C(=O)O. The Morgan fingerprint density at radius 3 is 2.50 bits per heavy atom. The molecule has 0 spiro atoms. The molecule has 4 heteroatoms. The van der Waals surface area contributed by atoms with Crippen molar-refractivity contribution in [3.63, 3.8) is 0 Å². The zero-order chi connectivity index (χ0) is 12.3. The second-order valence-electron chi connectivity index (χ2n) is 4.07. The first-order valence-electron chi connectivity index (χ1n) is 5.61. The summed E-state index contributed by atoms with van der Waals surface area (Å²) in [6.07, 6.45) is 3.98. The number of carboxylic acid groups (broad SMARTS) is 1. The molecule has 1 N–H and O–H groups in total. The average Bonchev–Trinajstić information content (AvgIpc) is 2.62. The van der Waals surface area contributed by atoms with E-state index in [0.29, 0.717) is 11.6 Å². The lowest BCUT2D eigenvalue weighted by Gasteiger charge is -2.24. The van der Waals surface area contributed by atoms with Gasteiger partial charge in [-0.15, -0.1) is 0 Å². The maximum Gasteiger partial charge on any atom is 0.352 e. The Hall–Kier alpha value is -0.770. The third-order valence-corrected chi connectivity index (χ3v) is 3.64. The van der Waals surface area contributed by atoms with E-state index in [9.17, 15) is 4.79 Å². The lowest BCUT2D eigenvalue weighted by molar-refractivity contribution is 0.0680. The Morgan fingerprint density at radius 1 is 1.50 bits per heavy atom. The van der Waals surface area contributed by atoms with E-state index in [-0.39, 0.29) is 6.04 Å².